The highest BCUT2D eigenvalue weighted by Gasteiger charge is 2.38. The minimum Gasteiger partial charge on any atom is -0.376 e. The van der Waals surface area contributed by atoms with Crippen molar-refractivity contribution in [1.29, 1.82) is 5.26 Å². The molecule has 2 atom stereocenters. The van der Waals surface area contributed by atoms with Gasteiger partial charge in [0, 0.05) is 6.61 Å². The molecule has 0 aliphatic carbocycles. The predicted octanol–water partition coefficient (Wildman–Crippen LogP) is 2.45. The summed E-state index contributed by atoms with van der Waals surface area (Å²) in [5, 5.41) is 23.3. The first-order valence-electron chi connectivity index (χ1n) is 6.05. The molecule has 6 heteroatoms. The fourth-order valence-electron chi connectivity index (χ4n) is 2.24. The third kappa shape index (κ3) is 2.37. The highest BCUT2D eigenvalue weighted by Crippen LogP contribution is 2.35. The molecule has 100 valence electrons. The number of nitriles is 1. The zero-order valence-corrected chi connectivity index (χ0v) is 10.8. The maximum atomic E-state index is 11.1. The second kappa shape index (κ2) is 4.86. The van der Waals surface area contributed by atoms with E-state index in [4.69, 9.17) is 10.00 Å². The molecule has 1 aromatic carbocycles. The van der Waals surface area contributed by atoms with Crippen molar-refractivity contribution >= 4 is 11.4 Å². The lowest BCUT2D eigenvalue weighted by Crippen LogP contribution is -2.41. The van der Waals surface area contributed by atoms with Gasteiger partial charge in [0.15, 0.2) is 0 Å². The van der Waals surface area contributed by atoms with Gasteiger partial charge in [0.1, 0.15) is 17.3 Å². The minimum absolute atomic E-state index is 0.0437. The number of nitrogens with zero attached hydrogens (tertiary/aromatic N) is 2. The molecule has 1 fully saturated rings. The Bertz CT molecular complexity index is 553. The van der Waals surface area contributed by atoms with Crippen LogP contribution in [0.1, 0.15) is 25.8 Å². The highest BCUT2D eigenvalue weighted by atomic mass is 16.6. The van der Waals surface area contributed by atoms with Crippen LogP contribution < -0.4 is 5.32 Å². The number of hydrogen-bond acceptors (Lipinski definition) is 5. The van der Waals surface area contributed by atoms with Gasteiger partial charge in [-0.15, -0.1) is 0 Å². The molecule has 0 aromatic heterocycles. The molecule has 19 heavy (non-hydrogen) atoms. The van der Waals surface area contributed by atoms with Crippen LogP contribution in [0.3, 0.4) is 0 Å². The molecular weight excluding hydrogens is 246 g/mol. The number of nitrogens with one attached hydrogen (secondary N) is 1. The summed E-state index contributed by atoms with van der Waals surface area (Å²) in [6, 6.07) is 6.55. The molecule has 0 radical (unpaired) electrons. The van der Waals surface area contributed by atoms with Crippen LogP contribution in [0.25, 0.3) is 0 Å². The van der Waals surface area contributed by atoms with E-state index in [1.165, 1.54) is 6.07 Å². The summed E-state index contributed by atoms with van der Waals surface area (Å²) in [6.07, 6.45) is 0.722. The van der Waals surface area contributed by atoms with Gasteiger partial charge >= 0.3 is 5.69 Å². The fourth-order valence-corrected chi connectivity index (χ4v) is 2.24. The second-order valence-electron chi connectivity index (χ2n) is 4.88. The molecule has 2 unspecified atom stereocenters. The van der Waals surface area contributed by atoms with Crippen LogP contribution in [0.5, 0.6) is 0 Å². The van der Waals surface area contributed by atoms with Gasteiger partial charge in [-0.25, -0.2) is 0 Å². The number of hydrogen-bond donors (Lipinski definition) is 1. The summed E-state index contributed by atoms with van der Waals surface area (Å²) in [4.78, 5) is 10.6. The Balaban J connectivity index is 2.41. The molecule has 1 heterocycles. The Morgan fingerprint density at radius 1 is 1.63 bits per heavy atom. The van der Waals surface area contributed by atoms with Gasteiger partial charge in [-0.1, -0.05) is 6.07 Å². The maximum absolute atomic E-state index is 11.1. The van der Waals surface area contributed by atoms with Crippen molar-refractivity contribution in [3.63, 3.8) is 0 Å². The smallest absolute Gasteiger partial charge is 0.309 e. The summed E-state index contributed by atoms with van der Waals surface area (Å²) in [6.45, 7) is 4.52. The van der Waals surface area contributed by atoms with E-state index in [1.807, 2.05) is 19.9 Å². The average Bonchev–Trinajstić information content (AvgIpc) is 2.68. The van der Waals surface area contributed by atoms with Gasteiger partial charge < -0.3 is 10.1 Å². The number of nitro benzene ring substituents is 1. The topological polar surface area (TPSA) is 88.2 Å². The van der Waals surface area contributed by atoms with Gasteiger partial charge in [-0.05, 0) is 32.4 Å². The molecule has 1 aliphatic rings. The average molecular weight is 261 g/mol. The van der Waals surface area contributed by atoms with E-state index in [9.17, 15) is 10.1 Å². The van der Waals surface area contributed by atoms with E-state index in [-0.39, 0.29) is 22.9 Å². The zero-order chi connectivity index (χ0) is 14.0. The van der Waals surface area contributed by atoms with Gasteiger partial charge in [-0.2, -0.15) is 5.26 Å². The Morgan fingerprint density at radius 3 is 2.89 bits per heavy atom. The first-order valence-corrected chi connectivity index (χ1v) is 6.05. The standard InChI is InChI=1S/C13H15N3O3/c1-9-13(2,6-7-19-9)15-11-5-3-4-10(8-14)12(11)16(17)18/h3-5,9,15H,6-7H2,1-2H3. The summed E-state index contributed by atoms with van der Waals surface area (Å²) in [5.74, 6) is 0. The van der Waals surface area contributed by atoms with Crippen LogP contribution in [-0.2, 0) is 4.74 Å². The van der Waals surface area contributed by atoms with E-state index in [0.29, 0.717) is 12.3 Å². The van der Waals surface area contributed by atoms with Crippen molar-refractivity contribution in [2.75, 3.05) is 11.9 Å². The van der Waals surface area contributed by atoms with E-state index >= 15 is 0 Å². The number of anilines is 1. The Kier molecular flexibility index (Phi) is 3.40. The van der Waals surface area contributed by atoms with E-state index in [0.717, 1.165) is 6.42 Å². The van der Waals surface area contributed by atoms with E-state index in [2.05, 4.69) is 5.32 Å². The Labute approximate surface area is 111 Å². The fraction of sp³-hybridized carbons (Fsp3) is 0.462. The lowest BCUT2D eigenvalue weighted by atomic mass is 9.94. The van der Waals surface area contributed by atoms with Gasteiger partial charge in [-0.3, -0.25) is 10.1 Å². The Morgan fingerprint density at radius 2 is 2.37 bits per heavy atom. The lowest BCUT2D eigenvalue weighted by Gasteiger charge is -2.29. The summed E-state index contributed by atoms with van der Waals surface area (Å²) in [5.41, 5.74) is -0.113. The van der Waals surface area contributed by atoms with Gasteiger partial charge in [0.2, 0.25) is 0 Å². The van der Waals surface area contributed by atoms with Crippen LogP contribution in [0.2, 0.25) is 0 Å². The molecule has 2 rings (SSSR count). The third-order valence-corrected chi connectivity index (χ3v) is 3.65. The van der Waals surface area contributed by atoms with Crippen LogP contribution in [-0.4, -0.2) is 23.2 Å². The lowest BCUT2D eigenvalue weighted by molar-refractivity contribution is -0.384. The van der Waals surface area contributed by atoms with Gasteiger partial charge in [0.05, 0.1) is 16.6 Å². The van der Waals surface area contributed by atoms with Crippen LogP contribution in [0.15, 0.2) is 18.2 Å². The molecular formula is C13H15N3O3. The van der Waals surface area contributed by atoms with Crippen molar-refractivity contribution in [3.05, 3.63) is 33.9 Å². The molecule has 0 saturated carbocycles. The molecule has 1 saturated heterocycles. The molecule has 0 spiro atoms. The number of benzene rings is 1. The van der Waals surface area contributed by atoms with Crippen molar-refractivity contribution < 1.29 is 9.66 Å². The van der Waals surface area contributed by atoms with Crippen molar-refractivity contribution in [2.24, 2.45) is 0 Å². The van der Waals surface area contributed by atoms with Crippen molar-refractivity contribution in [1.82, 2.24) is 0 Å². The summed E-state index contributed by atoms with van der Waals surface area (Å²) in [7, 11) is 0. The molecule has 1 N–H and O–H groups in total. The van der Waals surface area contributed by atoms with Crippen LogP contribution in [0.4, 0.5) is 11.4 Å². The molecule has 0 bridgehead atoms. The van der Waals surface area contributed by atoms with Crippen molar-refractivity contribution in [2.45, 2.75) is 31.9 Å². The van der Waals surface area contributed by atoms with Crippen molar-refractivity contribution in [3.8, 4) is 6.07 Å². The van der Waals surface area contributed by atoms with E-state index in [1.54, 1.807) is 12.1 Å². The monoisotopic (exact) mass is 261 g/mol. The second-order valence-corrected chi connectivity index (χ2v) is 4.88. The van der Waals surface area contributed by atoms with Gasteiger partial charge in [0.25, 0.3) is 0 Å². The largest absolute Gasteiger partial charge is 0.376 e. The molecule has 1 aliphatic heterocycles. The molecule has 0 amide bonds. The SMILES string of the molecule is CC1OCCC1(C)Nc1cccc(C#N)c1[N+](=O)[O-]. The highest BCUT2D eigenvalue weighted by molar-refractivity contribution is 5.69. The van der Waals surface area contributed by atoms with Crippen LogP contribution >= 0.6 is 0 Å². The summed E-state index contributed by atoms with van der Waals surface area (Å²) < 4.78 is 5.50. The number of para-hydroxylation sites is 1. The maximum Gasteiger partial charge on any atom is 0.309 e. The normalized spacial score (nSPS) is 25.8. The van der Waals surface area contributed by atoms with E-state index < -0.39 is 4.92 Å². The first kappa shape index (κ1) is 13.3. The zero-order valence-electron chi connectivity index (χ0n) is 10.8. The summed E-state index contributed by atoms with van der Waals surface area (Å²) >= 11 is 0. The number of ether oxygens (including phenoxy) is 1. The number of nitro groups is 1. The third-order valence-electron chi connectivity index (χ3n) is 3.65. The van der Waals surface area contributed by atoms with Crippen LogP contribution in [0, 0.1) is 21.4 Å². The molecule has 6 nitrogen and oxygen atoms in total. The Hall–Kier alpha value is -2.13. The quantitative estimate of drug-likeness (QED) is 0.666. The molecule has 1 aromatic rings. The first-order chi connectivity index (χ1) is 8.98. The predicted molar refractivity (Wildman–Crippen MR) is 69.9 cm³/mol. The number of rotatable bonds is 3. The minimum atomic E-state index is -0.523.